The first-order chi connectivity index (χ1) is 10.1. The quantitative estimate of drug-likeness (QED) is 0.890. The fraction of sp³-hybridized carbons (Fsp3) is 0.235. The Kier molecular flexibility index (Phi) is 3.39. The second-order valence-corrected chi connectivity index (χ2v) is 5.38. The summed E-state index contributed by atoms with van der Waals surface area (Å²) in [6.07, 6.45) is 0. The van der Waals surface area contributed by atoms with Gasteiger partial charge in [0.25, 0.3) is 5.91 Å². The predicted octanol–water partition coefficient (Wildman–Crippen LogP) is 2.68. The lowest BCUT2D eigenvalue weighted by atomic mass is 9.91. The molecule has 1 aliphatic heterocycles. The fourth-order valence-corrected chi connectivity index (χ4v) is 2.78. The van der Waals surface area contributed by atoms with E-state index in [1.165, 1.54) is 11.1 Å². The predicted molar refractivity (Wildman–Crippen MR) is 82.5 cm³/mol. The summed E-state index contributed by atoms with van der Waals surface area (Å²) in [5, 5.41) is 2.82. The molecule has 2 aromatic rings. The largest absolute Gasteiger partial charge is 0.482 e. The maximum atomic E-state index is 11.4. The molecular formula is C17H18N2O2. The summed E-state index contributed by atoms with van der Waals surface area (Å²) in [5.74, 6) is 0.548. The minimum absolute atomic E-state index is 0.0648. The molecule has 0 bridgehead atoms. The number of amides is 1. The molecule has 21 heavy (non-hydrogen) atoms. The van der Waals surface area contributed by atoms with Gasteiger partial charge in [0, 0.05) is 0 Å². The molecule has 3 N–H and O–H groups in total. The van der Waals surface area contributed by atoms with Crippen molar-refractivity contribution in [2.24, 2.45) is 5.73 Å². The third-order valence-electron chi connectivity index (χ3n) is 3.85. The molecule has 2 aromatic carbocycles. The van der Waals surface area contributed by atoms with E-state index in [2.05, 4.69) is 31.3 Å². The van der Waals surface area contributed by atoms with Crippen LogP contribution >= 0.6 is 0 Å². The van der Waals surface area contributed by atoms with Gasteiger partial charge in [0.2, 0.25) is 0 Å². The van der Waals surface area contributed by atoms with Crippen LogP contribution in [0.3, 0.4) is 0 Å². The van der Waals surface area contributed by atoms with Crippen molar-refractivity contribution in [3.8, 4) is 5.75 Å². The van der Waals surface area contributed by atoms with Gasteiger partial charge in [0.05, 0.1) is 11.7 Å². The molecule has 1 unspecified atom stereocenters. The number of rotatable bonds is 2. The van der Waals surface area contributed by atoms with Gasteiger partial charge < -0.3 is 15.8 Å². The molecule has 4 heteroatoms. The van der Waals surface area contributed by atoms with Gasteiger partial charge in [-0.15, -0.1) is 0 Å². The number of aryl methyl sites for hydroxylation is 2. The maximum Gasteiger partial charge on any atom is 0.262 e. The molecule has 0 saturated heterocycles. The average Bonchev–Trinajstić information content (AvgIpc) is 2.46. The smallest absolute Gasteiger partial charge is 0.262 e. The highest BCUT2D eigenvalue weighted by Gasteiger charge is 2.19. The first kappa shape index (κ1) is 13.6. The standard InChI is InChI=1S/C17H18N2O2/c1-10-4-3-5-11(2)16(10)17(18)12-6-7-14-13(8-12)19-15(20)9-21-14/h3-8,17H,9,18H2,1-2H3,(H,19,20). The van der Waals surface area contributed by atoms with Crippen LogP contribution in [0.5, 0.6) is 5.75 Å². The maximum absolute atomic E-state index is 11.4. The number of nitrogens with two attached hydrogens (primary N) is 1. The SMILES string of the molecule is Cc1cccc(C)c1C(N)c1ccc2c(c1)NC(=O)CO2. The molecule has 0 fully saturated rings. The molecule has 0 aromatic heterocycles. The zero-order chi connectivity index (χ0) is 15.0. The summed E-state index contributed by atoms with van der Waals surface area (Å²) in [6.45, 7) is 4.19. The third-order valence-corrected chi connectivity index (χ3v) is 3.85. The molecule has 1 amide bonds. The van der Waals surface area contributed by atoms with Crippen molar-refractivity contribution >= 4 is 11.6 Å². The summed E-state index contributed by atoms with van der Waals surface area (Å²) in [4.78, 5) is 11.4. The van der Waals surface area contributed by atoms with Crippen molar-refractivity contribution in [3.63, 3.8) is 0 Å². The van der Waals surface area contributed by atoms with E-state index < -0.39 is 0 Å². The van der Waals surface area contributed by atoms with Gasteiger partial charge in [-0.25, -0.2) is 0 Å². The summed E-state index contributed by atoms with van der Waals surface area (Å²) < 4.78 is 5.37. The zero-order valence-electron chi connectivity index (χ0n) is 12.1. The van der Waals surface area contributed by atoms with E-state index in [4.69, 9.17) is 10.5 Å². The Balaban J connectivity index is 2.01. The summed E-state index contributed by atoms with van der Waals surface area (Å²) in [7, 11) is 0. The van der Waals surface area contributed by atoms with Crippen molar-refractivity contribution in [1.29, 1.82) is 0 Å². The first-order valence-electron chi connectivity index (χ1n) is 6.94. The normalized spacial score (nSPS) is 14.9. The highest BCUT2D eigenvalue weighted by Crippen LogP contribution is 2.33. The number of fused-ring (bicyclic) bond motifs is 1. The third kappa shape index (κ3) is 2.50. The van der Waals surface area contributed by atoms with Crippen LogP contribution in [-0.2, 0) is 4.79 Å². The summed E-state index contributed by atoms with van der Waals surface area (Å²) in [5.41, 5.74) is 11.5. The van der Waals surface area contributed by atoms with Crippen LogP contribution in [0.25, 0.3) is 0 Å². The second kappa shape index (κ2) is 5.22. The van der Waals surface area contributed by atoms with Crippen molar-refractivity contribution < 1.29 is 9.53 Å². The molecule has 0 saturated carbocycles. The lowest BCUT2D eigenvalue weighted by molar-refractivity contribution is -0.118. The lowest BCUT2D eigenvalue weighted by Gasteiger charge is -2.22. The van der Waals surface area contributed by atoms with Gasteiger partial charge >= 0.3 is 0 Å². The molecule has 108 valence electrons. The van der Waals surface area contributed by atoms with Gasteiger partial charge in [0.15, 0.2) is 6.61 Å². The Labute approximate surface area is 123 Å². The first-order valence-corrected chi connectivity index (χ1v) is 6.94. The van der Waals surface area contributed by atoms with Crippen molar-refractivity contribution in [2.45, 2.75) is 19.9 Å². The Hall–Kier alpha value is -2.33. The Morgan fingerprint density at radius 2 is 1.90 bits per heavy atom. The van der Waals surface area contributed by atoms with E-state index in [9.17, 15) is 4.79 Å². The van der Waals surface area contributed by atoms with Crippen LogP contribution in [0.1, 0.15) is 28.3 Å². The minimum Gasteiger partial charge on any atom is -0.482 e. The minimum atomic E-state index is -0.227. The molecule has 4 nitrogen and oxygen atoms in total. The van der Waals surface area contributed by atoms with E-state index in [0.717, 1.165) is 11.1 Å². The number of anilines is 1. The Morgan fingerprint density at radius 3 is 2.62 bits per heavy atom. The van der Waals surface area contributed by atoms with E-state index in [0.29, 0.717) is 11.4 Å². The number of carbonyl (C=O) groups is 1. The van der Waals surface area contributed by atoms with Crippen LogP contribution in [0, 0.1) is 13.8 Å². The Morgan fingerprint density at radius 1 is 1.19 bits per heavy atom. The average molecular weight is 282 g/mol. The molecule has 1 atom stereocenters. The Bertz CT molecular complexity index is 690. The van der Waals surface area contributed by atoms with Gasteiger partial charge in [-0.3, -0.25) is 4.79 Å². The molecule has 1 aliphatic rings. The number of ether oxygens (including phenoxy) is 1. The molecule has 0 radical (unpaired) electrons. The fourth-order valence-electron chi connectivity index (χ4n) is 2.78. The van der Waals surface area contributed by atoms with E-state index in [1.807, 2.05) is 24.3 Å². The van der Waals surface area contributed by atoms with Crippen molar-refractivity contribution in [3.05, 3.63) is 58.7 Å². The van der Waals surface area contributed by atoms with Gasteiger partial charge in [-0.05, 0) is 48.2 Å². The summed E-state index contributed by atoms with van der Waals surface area (Å²) >= 11 is 0. The van der Waals surface area contributed by atoms with Crippen LogP contribution in [0.15, 0.2) is 36.4 Å². The zero-order valence-corrected chi connectivity index (χ0v) is 12.1. The number of carbonyl (C=O) groups excluding carboxylic acids is 1. The number of benzene rings is 2. The summed E-state index contributed by atoms with van der Waals surface area (Å²) in [6, 6.07) is 11.6. The van der Waals surface area contributed by atoms with Gasteiger partial charge in [-0.2, -0.15) is 0 Å². The van der Waals surface area contributed by atoms with Crippen molar-refractivity contribution in [1.82, 2.24) is 0 Å². The topological polar surface area (TPSA) is 64.3 Å². The van der Waals surface area contributed by atoms with Crippen LogP contribution in [-0.4, -0.2) is 12.5 Å². The van der Waals surface area contributed by atoms with E-state index in [-0.39, 0.29) is 18.6 Å². The highest BCUT2D eigenvalue weighted by molar-refractivity contribution is 5.95. The lowest BCUT2D eigenvalue weighted by Crippen LogP contribution is -2.25. The van der Waals surface area contributed by atoms with Gasteiger partial charge in [-0.1, -0.05) is 24.3 Å². The van der Waals surface area contributed by atoms with E-state index in [1.54, 1.807) is 0 Å². The number of nitrogens with one attached hydrogen (secondary N) is 1. The number of hydrogen-bond donors (Lipinski definition) is 2. The van der Waals surface area contributed by atoms with Crippen LogP contribution in [0.2, 0.25) is 0 Å². The molecule has 0 spiro atoms. The van der Waals surface area contributed by atoms with E-state index >= 15 is 0 Å². The highest BCUT2D eigenvalue weighted by atomic mass is 16.5. The second-order valence-electron chi connectivity index (χ2n) is 5.38. The number of hydrogen-bond acceptors (Lipinski definition) is 3. The molecule has 3 rings (SSSR count). The molecular weight excluding hydrogens is 264 g/mol. The molecule has 1 heterocycles. The van der Waals surface area contributed by atoms with Gasteiger partial charge in [0.1, 0.15) is 5.75 Å². The van der Waals surface area contributed by atoms with Crippen LogP contribution < -0.4 is 15.8 Å². The van der Waals surface area contributed by atoms with Crippen LogP contribution in [0.4, 0.5) is 5.69 Å². The monoisotopic (exact) mass is 282 g/mol. The molecule has 0 aliphatic carbocycles. The van der Waals surface area contributed by atoms with Crippen molar-refractivity contribution in [2.75, 3.05) is 11.9 Å².